The first-order valence-corrected chi connectivity index (χ1v) is 10.0. The topological polar surface area (TPSA) is 77.4 Å². The van der Waals surface area contributed by atoms with E-state index in [9.17, 15) is 18.1 Å². The third kappa shape index (κ3) is 14.5. The molecule has 0 radical (unpaired) electrons. The summed E-state index contributed by atoms with van der Waals surface area (Å²) in [7, 11) is -4.18. The van der Waals surface area contributed by atoms with Crippen LogP contribution in [0.5, 0.6) is 0 Å². The Morgan fingerprint density at radius 3 is 1.86 bits per heavy atom. The summed E-state index contributed by atoms with van der Waals surface area (Å²) in [5, 5.41) is 9.06. The molecule has 0 spiro atoms. The maximum absolute atomic E-state index is 10.9. The van der Waals surface area contributed by atoms with Crippen LogP contribution in [0, 0.1) is 0 Å². The number of hydrogen-bond donors (Lipinski definition) is 1. The third-order valence-electron chi connectivity index (χ3n) is 4.07. The van der Waals surface area contributed by atoms with Gasteiger partial charge < -0.3 is 9.66 Å². The van der Waals surface area contributed by atoms with Gasteiger partial charge in [0, 0.05) is 5.25 Å². The zero-order chi connectivity index (χ0) is 16.1. The number of aliphatic hydroxyl groups is 1. The molecule has 0 amide bonds. The molecule has 0 heterocycles. The Morgan fingerprint density at radius 1 is 0.864 bits per heavy atom. The van der Waals surface area contributed by atoms with Crippen molar-refractivity contribution in [1.29, 1.82) is 0 Å². The van der Waals surface area contributed by atoms with E-state index in [4.69, 9.17) is 0 Å². The van der Waals surface area contributed by atoms with Crippen LogP contribution in [0.25, 0.3) is 0 Å². The van der Waals surface area contributed by atoms with E-state index in [-0.39, 0.29) is 35.7 Å². The Bertz CT molecular complexity index is 333. The first-order chi connectivity index (χ1) is 9.91. The third-order valence-corrected chi connectivity index (χ3v) is 5.45. The first-order valence-electron chi connectivity index (χ1n) is 8.54. The molecule has 0 aliphatic rings. The van der Waals surface area contributed by atoms with Gasteiger partial charge in [-0.3, -0.25) is 0 Å². The minimum atomic E-state index is -4.18. The van der Waals surface area contributed by atoms with Crippen molar-refractivity contribution in [2.75, 3.05) is 0 Å². The number of aliphatic hydroxyl groups excluding tert-OH is 1. The normalized spacial score (nSPS) is 14.4. The number of rotatable bonds is 14. The molecule has 1 N–H and O–H groups in total. The molecule has 0 saturated heterocycles. The molecule has 0 rings (SSSR count). The second kappa shape index (κ2) is 15.4. The van der Waals surface area contributed by atoms with Crippen LogP contribution in [0.1, 0.15) is 90.9 Å². The SMILES string of the molecule is CCCCCCCCCC(O)CCCC(CC)S(=O)(=O)[O-].[Na+]. The van der Waals surface area contributed by atoms with Crippen LogP contribution in [0.3, 0.4) is 0 Å². The second-order valence-corrected chi connectivity index (χ2v) is 7.67. The largest absolute Gasteiger partial charge is 1.00 e. The van der Waals surface area contributed by atoms with E-state index in [1.807, 2.05) is 0 Å². The molecule has 0 aliphatic heterocycles. The molecule has 0 saturated carbocycles. The molecule has 2 atom stereocenters. The molecule has 4 nitrogen and oxygen atoms in total. The van der Waals surface area contributed by atoms with Crippen LogP contribution < -0.4 is 29.6 Å². The fourth-order valence-electron chi connectivity index (χ4n) is 2.62. The zero-order valence-electron chi connectivity index (χ0n) is 14.7. The second-order valence-electron chi connectivity index (χ2n) is 6.02. The molecule has 0 fully saturated rings. The van der Waals surface area contributed by atoms with Crippen molar-refractivity contribution < 1.29 is 47.6 Å². The van der Waals surface area contributed by atoms with Gasteiger partial charge in [0.05, 0.1) is 16.2 Å². The van der Waals surface area contributed by atoms with E-state index in [2.05, 4.69) is 6.92 Å². The Labute approximate surface area is 159 Å². The maximum atomic E-state index is 10.9. The average molecular weight is 344 g/mol. The summed E-state index contributed by atoms with van der Waals surface area (Å²) in [5.74, 6) is 0. The van der Waals surface area contributed by atoms with Gasteiger partial charge in [0.1, 0.15) is 0 Å². The molecule has 128 valence electrons. The van der Waals surface area contributed by atoms with Crippen molar-refractivity contribution in [2.24, 2.45) is 0 Å². The molecule has 22 heavy (non-hydrogen) atoms. The van der Waals surface area contributed by atoms with Gasteiger partial charge in [-0.05, 0) is 32.1 Å². The van der Waals surface area contributed by atoms with Crippen molar-refractivity contribution in [2.45, 2.75) is 102 Å². The standard InChI is InChI=1S/C16H34O4S.Na/c1-3-5-6-7-8-9-10-12-15(17)13-11-14-16(4-2)21(18,19)20;/h15-17H,3-14H2,1-2H3,(H,18,19,20);/q;+1/p-1. The van der Waals surface area contributed by atoms with Crippen LogP contribution in [0.4, 0.5) is 0 Å². The number of hydrogen-bond acceptors (Lipinski definition) is 4. The molecule has 0 aliphatic carbocycles. The van der Waals surface area contributed by atoms with E-state index in [0.717, 1.165) is 19.3 Å². The Hall–Kier alpha value is 0.870. The average Bonchev–Trinajstić information content (AvgIpc) is 2.41. The summed E-state index contributed by atoms with van der Waals surface area (Å²) in [6.45, 7) is 3.92. The minimum Gasteiger partial charge on any atom is -0.748 e. The van der Waals surface area contributed by atoms with Crippen molar-refractivity contribution in [1.82, 2.24) is 0 Å². The summed E-state index contributed by atoms with van der Waals surface area (Å²) >= 11 is 0. The summed E-state index contributed by atoms with van der Waals surface area (Å²) in [5.41, 5.74) is 0. The van der Waals surface area contributed by atoms with Crippen LogP contribution in [-0.4, -0.2) is 29.4 Å². The van der Waals surface area contributed by atoms with Gasteiger partial charge in [-0.15, -0.1) is 0 Å². The van der Waals surface area contributed by atoms with Crippen LogP contribution in [-0.2, 0) is 10.1 Å². The molecule has 0 aromatic heterocycles. The summed E-state index contributed by atoms with van der Waals surface area (Å²) in [6.07, 6.45) is 11.0. The Morgan fingerprint density at radius 2 is 1.36 bits per heavy atom. The Balaban J connectivity index is 0. The van der Waals surface area contributed by atoms with Gasteiger partial charge in [0.25, 0.3) is 0 Å². The molecular formula is C16H33NaO4S. The quantitative estimate of drug-likeness (QED) is 0.290. The Kier molecular flexibility index (Phi) is 17.6. The van der Waals surface area contributed by atoms with E-state index in [1.165, 1.54) is 32.1 Å². The fourth-order valence-corrected chi connectivity index (χ4v) is 3.48. The number of unbranched alkanes of at least 4 members (excludes halogenated alkanes) is 6. The van der Waals surface area contributed by atoms with Gasteiger partial charge in [-0.1, -0.05) is 58.8 Å². The van der Waals surface area contributed by atoms with Gasteiger partial charge in [0.2, 0.25) is 0 Å². The van der Waals surface area contributed by atoms with Crippen molar-refractivity contribution in [3.8, 4) is 0 Å². The maximum Gasteiger partial charge on any atom is 1.00 e. The minimum absolute atomic E-state index is 0. The molecule has 0 aromatic carbocycles. The monoisotopic (exact) mass is 344 g/mol. The molecule has 6 heteroatoms. The van der Waals surface area contributed by atoms with E-state index >= 15 is 0 Å². The smallest absolute Gasteiger partial charge is 0.748 e. The van der Waals surface area contributed by atoms with Gasteiger partial charge in [-0.25, -0.2) is 8.42 Å². The van der Waals surface area contributed by atoms with Crippen molar-refractivity contribution in [3.05, 3.63) is 0 Å². The zero-order valence-corrected chi connectivity index (χ0v) is 17.5. The fraction of sp³-hybridized carbons (Fsp3) is 1.00. The van der Waals surface area contributed by atoms with Gasteiger partial charge in [-0.2, -0.15) is 0 Å². The van der Waals surface area contributed by atoms with Crippen molar-refractivity contribution >= 4 is 10.1 Å². The van der Waals surface area contributed by atoms with E-state index < -0.39 is 15.4 Å². The predicted octanol–water partition coefficient (Wildman–Crippen LogP) is 0.986. The summed E-state index contributed by atoms with van der Waals surface area (Å²) in [4.78, 5) is 0. The van der Waals surface area contributed by atoms with Crippen molar-refractivity contribution in [3.63, 3.8) is 0 Å². The molecule has 0 bridgehead atoms. The molecule has 0 aromatic rings. The van der Waals surface area contributed by atoms with Crippen LogP contribution in [0.2, 0.25) is 0 Å². The van der Waals surface area contributed by atoms with Gasteiger partial charge in [0.15, 0.2) is 0 Å². The predicted molar refractivity (Wildman–Crippen MR) is 86.2 cm³/mol. The van der Waals surface area contributed by atoms with E-state index in [0.29, 0.717) is 25.7 Å². The van der Waals surface area contributed by atoms with Crippen LogP contribution in [0.15, 0.2) is 0 Å². The molecule has 2 unspecified atom stereocenters. The van der Waals surface area contributed by atoms with Crippen LogP contribution >= 0.6 is 0 Å². The van der Waals surface area contributed by atoms with Gasteiger partial charge >= 0.3 is 29.6 Å². The summed E-state index contributed by atoms with van der Waals surface area (Å²) < 4.78 is 32.8. The molecular weight excluding hydrogens is 311 g/mol. The van der Waals surface area contributed by atoms with E-state index in [1.54, 1.807) is 6.92 Å². The first kappa shape index (κ1) is 25.1. The summed E-state index contributed by atoms with van der Waals surface area (Å²) in [6, 6.07) is 0.